The highest BCUT2D eigenvalue weighted by Gasteiger charge is 2.28. The third kappa shape index (κ3) is 3.58. The monoisotopic (exact) mass is 316 g/mol. The predicted octanol–water partition coefficient (Wildman–Crippen LogP) is 0.724. The molecule has 0 bridgehead atoms. The van der Waals surface area contributed by atoms with Crippen molar-refractivity contribution in [3.63, 3.8) is 0 Å². The van der Waals surface area contributed by atoms with Gasteiger partial charge >= 0.3 is 0 Å². The van der Waals surface area contributed by atoms with Gasteiger partial charge < -0.3 is 9.64 Å². The van der Waals surface area contributed by atoms with Crippen LogP contribution >= 0.6 is 0 Å². The molecule has 116 valence electrons. The van der Waals surface area contributed by atoms with Crippen molar-refractivity contribution in [3.05, 3.63) is 29.6 Å². The van der Waals surface area contributed by atoms with Crippen molar-refractivity contribution < 1.29 is 22.3 Å². The molecule has 0 radical (unpaired) electrons. The molecule has 0 aliphatic carbocycles. The van der Waals surface area contributed by atoms with Gasteiger partial charge in [-0.05, 0) is 31.0 Å². The Bertz CT molecular complexity index is 648. The second-order valence-electron chi connectivity index (χ2n) is 4.94. The Labute approximate surface area is 122 Å². The Balaban J connectivity index is 2.37. The van der Waals surface area contributed by atoms with E-state index in [2.05, 4.69) is 0 Å². The summed E-state index contributed by atoms with van der Waals surface area (Å²) in [7, 11) is -2.55. The Morgan fingerprint density at radius 1 is 1.48 bits per heavy atom. The molecule has 6 nitrogen and oxygen atoms in total. The number of piperidine rings is 1. The SMILES string of the molecule is COC1CCCN(C(=O)c2cc(F)ccc2S(N)(=O)=O)C1. The van der Waals surface area contributed by atoms with Gasteiger partial charge in [-0.3, -0.25) is 4.79 Å². The molecule has 8 heteroatoms. The average Bonchev–Trinajstić information content (AvgIpc) is 2.45. The minimum Gasteiger partial charge on any atom is -0.380 e. The second kappa shape index (κ2) is 6.08. The van der Waals surface area contributed by atoms with Crippen LogP contribution in [0, 0.1) is 5.82 Å². The molecule has 1 aliphatic heterocycles. The van der Waals surface area contributed by atoms with Crippen molar-refractivity contribution in [2.45, 2.75) is 23.8 Å². The summed E-state index contributed by atoms with van der Waals surface area (Å²) in [5.41, 5.74) is -0.241. The van der Waals surface area contributed by atoms with Crippen molar-refractivity contribution >= 4 is 15.9 Å². The number of rotatable bonds is 3. The zero-order chi connectivity index (χ0) is 15.6. The van der Waals surface area contributed by atoms with Gasteiger partial charge in [0.2, 0.25) is 10.0 Å². The Morgan fingerprint density at radius 3 is 2.81 bits per heavy atom. The lowest BCUT2D eigenvalue weighted by Gasteiger charge is -2.32. The Kier molecular flexibility index (Phi) is 4.60. The number of methoxy groups -OCH3 is 1. The van der Waals surface area contributed by atoms with Gasteiger partial charge in [-0.2, -0.15) is 0 Å². The smallest absolute Gasteiger partial charge is 0.255 e. The van der Waals surface area contributed by atoms with Crippen LogP contribution in [0.25, 0.3) is 0 Å². The molecule has 0 spiro atoms. The summed E-state index contributed by atoms with van der Waals surface area (Å²) < 4.78 is 41.7. The van der Waals surface area contributed by atoms with E-state index in [1.807, 2.05) is 0 Å². The van der Waals surface area contributed by atoms with E-state index in [4.69, 9.17) is 9.88 Å². The normalized spacial score (nSPS) is 19.6. The molecule has 2 N–H and O–H groups in total. The van der Waals surface area contributed by atoms with E-state index < -0.39 is 21.7 Å². The lowest BCUT2D eigenvalue weighted by molar-refractivity contribution is 0.0266. The van der Waals surface area contributed by atoms with Crippen LogP contribution in [0.1, 0.15) is 23.2 Å². The van der Waals surface area contributed by atoms with Gasteiger partial charge in [-0.25, -0.2) is 17.9 Å². The number of carbonyl (C=O) groups is 1. The van der Waals surface area contributed by atoms with Gasteiger partial charge in [0.25, 0.3) is 5.91 Å². The summed E-state index contributed by atoms with van der Waals surface area (Å²) in [6, 6.07) is 2.87. The summed E-state index contributed by atoms with van der Waals surface area (Å²) >= 11 is 0. The fourth-order valence-corrected chi connectivity index (χ4v) is 3.11. The zero-order valence-electron chi connectivity index (χ0n) is 11.6. The lowest BCUT2D eigenvalue weighted by atomic mass is 10.1. The van der Waals surface area contributed by atoms with E-state index >= 15 is 0 Å². The summed E-state index contributed by atoms with van der Waals surface area (Å²) in [5.74, 6) is -1.24. The maximum Gasteiger partial charge on any atom is 0.255 e. The number of amides is 1. The van der Waals surface area contributed by atoms with Crippen LogP contribution in [0.3, 0.4) is 0 Å². The van der Waals surface area contributed by atoms with Gasteiger partial charge in [0, 0.05) is 20.2 Å². The molecule has 1 atom stereocenters. The van der Waals surface area contributed by atoms with Crippen LogP contribution in [-0.4, -0.2) is 45.5 Å². The number of primary sulfonamides is 1. The minimum absolute atomic E-state index is 0.103. The number of nitrogens with zero attached hydrogens (tertiary/aromatic N) is 1. The summed E-state index contributed by atoms with van der Waals surface area (Å²) in [5, 5.41) is 5.08. The number of ether oxygens (including phenoxy) is 1. The molecular weight excluding hydrogens is 299 g/mol. The number of benzene rings is 1. The van der Waals surface area contributed by atoms with E-state index in [0.717, 1.165) is 31.0 Å². The van der Waals surface area contributed by atoms with Gasteiger partial charge in [-0.15, -0.1) is 0 Å². The van der Waals surface area contributed by atoms with E-state index in [-0.39, 0.29) is 16.6 Å². The van der Waals surface area contributed by atoms with E-state index in [9.17, 15) is 17.6 Å². The molecule has 21 heavy (non-hydrogen) atoms. The molecule has 1 aromatic carbocycles. The first-order valence-corrected chi connectivity index (χ1v) is 8.02. The van der Waals surface area contributed by atoms with Gasteiger partial charge in [0.1, 0.15) is 5.82 Å². The van der Waals surface area contributed by atoms with Gasteiger partial charge in [0.15, 0.2) is 0 Å². The van der Waals surface area contributed by atoms with Crippen molar-refractivity contribution in [2.24, 2.45) is 5.14 Å². The number of nitrogens with two attached hydrogens (primary N) is 1. The fourth-order valence-electron chi connectivity index (χ4n) is 2.40. The molecule has 1 amide bonds. The number of sulfonamides is 1. The summed E-state index contributed by atoms with van der Waals surface area (Å²) in [6.07, 6.45) is 1.46. The maximum atomic E-state index is 13.4. The highest BCUT2D eigenvalue weighted by Crippen LogP contribution is 2.21. The highest BCUT2D eigenvalue weighted by molar-refractivity contribution is 7.89. The van der Waals surface area contributed by atoms with Crippen molar-refractivity contribution in [1.82, 2.24) is 4.90 Å². The molecular formula is C13H17FN2O4S. The van der Waals surface area contributed by atoms with Crippen LogP contribution in [0.5, 0.6) is 0 Å². The topological polar surface area (TPSA) is 89.7 Å². The molecule has 0 saturated carbocycles. The number of halogens is 1. The second-order valence-corrected chi connectivity index (χ2v) is 6.47. The molecule has 1 aromatic rings. The average molecular weight is 316 g/mol. The molecule has 1 unspecified atom stereocenters. The van der Waals surface area contributed by atoms with Crippen LogP contribution in [0.4, 0.5) is 4.39 Å². The number of hydrogen-bond donors (Lipinski definition) is 1. The Hall–Kier alpha value is -1.51. The molecule has 1 saturated heterocycles. The van der Waals surface area contributed by atoms with Crippen LogP contribution in [0.15, 0.2) is 23.1 Å². The van der Waals surface area contributed by atoms with Crippen LogP contribution in [-0.2, 0) is 14.8 Å². The van der Waals surface area contributed by atoms with Crippen molar-refractivity contribution in [3.8, 4) is 0 Å². The third-order valence-electron chi connectivity index (χ3n) is 3.48. The standard InChI is InChI=1S/C13H17FN2O4S/c1-20-10-3-2-6-16(8-10)13(17)11-7-9(14)4-5-12(11)21(15,18)19/h4-5,7,10H,2-3,6,8H2,1H3,(H2,15,18,19). The molecule has 0 aromatic heterocycles. The van der Waals surface area contributed by atoms with Gasteiger partial charge in [-0.1, -0.05) is 0 Å². The number of hydrogen-bond acceptors (Lipinski definition) is 4. The largest absolute Gasteiger partial charge is 0.380 e. The van der Waals surface area contributed by atoms with Crippen molar-refractivity contribution in [1.29, 1.82) is 0 Å². The zero-order valence-corrected chi connectivity index (χ0v) is 12.4. The molecule has 2 rings (SSSR count). The summed E-state index contributed by atoms with van der Waals surface area (Å²) in [4.78, 5) is 13.6. The first kappa shape index (κ1) is 15.9. The molecule has 1 aliphatic rings. The molecule has 1 heterocycles. The predicted molar refractivity (Wildman–Crippen MR) is 73.7 cm³/mol. The first-order valence-electron chi connectivity index (χ1n) is 6.47. The number of carbonyl (C=O) groups excluding carboxylic acids is 1. The minimum atomic E-state index is -4.10. The van der Waals surface area contributed by atoms with Crippen molar-refractivity contribution in [2.75, 3.05) is 20.2 Å². The lowest BCUT2D eigenvalue weighted by Crippen LogP contribution is -2.43. The van der Waals surface area contributed by atoms with E-state index in [0.29, 0.717) is 13.1 Å². The molecule has 1 fully saturated rings. The quantitative estimate of drug-likeness (QED) is 0.890. The van der Waals surface area contributed by atoms with E-state index in [1.165, 1.54) is 4.90 Å². The first-order chi connectivity index (χ1) is 9.82. The van der Waals surface area contributed by atoms with Crippen LogP contribution in [0.2, 0.25) is 0 Å². The van der Waals surface area contributed by atoms with Crippen LogP contribution < -0.4 is 5.14 Å². The van der Waals surface area contributed by atoms with Gasteiger partial charge in [0.05, 0.1) is 16.6 Å². The van der Waals surface area contributed by atoms with E-state index in [1.54, 1.807) is 7.11 Å². The summed E-state index contributed by atoms with van der Waals surface area (Å²) in [6.45, 7) is 0.815. The fraction of sp³-hybridized carbons (Fsp3) is 0.462. The number of likely N-dealkylation sites (tertiary alicyclic amines) is 1. The highest BCUT2D eigenvalue weighted by atomic mass is 32.2. The third-order valence-corrected chi connectivity index (χ3v) is 4.45. The maximum absolute atomic E-state index is 13.4. The Morgan fingerprint density at radius 2 is 2.19 bits per heavy atom.